The van der Waals surface area contributed by atoms with E-state index in [1.807, 2.05) is 0 Å². The fraction of sp³-hybridized carbons (Fsp3) is 0.429. The van der Waals surface area contributed by atoms with Crippen LogP contribution in [-0.2, 0) is 11.2 Å². The van der Waals surface area contributed by atoms with Gasteiger partial charge in [-0.2, -0.15) is 0 Å². The summed E-state index contributed by atoms with van der Waals surface area (Å²) in [6.07, 6.45) is 1.45. The van der Waals surface area contributed by atoms with Crippen molar-refractivity contribution in [3.63, 3.8) is 0 Å². The minimum atomic E-state index is -0.949. The third-order valence-corrected chi connectivity index (χ3v) is 3.27. The molecule has 0 aromatic heterocycles. The maximum atomic E-state index is 12.0. The summed E-state index contributed by atoms with van der Waals surface area (Å²) in [7, 11) is 1.62. The highest BCUT2D eigenvalue weighted by atomic mass is 16.5. The molecule has 6 nitrogen and oxygen atoms in total. The lowest BCUT2D eigenvalue weighted by Gasteiger charge is -2.18. The number of anilines is 1. The van der Waals surface area contributed by atoms with Crippen LogP contribution in [0.2, 0.25) is 0 Å². The molecule has 0 saturated carbocycles. The lowest BCUT2D eigenvalue weighted by Crippen LogP contribution is -2.39. The number of nitrogens with one attached hydrogen (secondary N) is 1. The van der Waals surface area contributed by atoms with Crippen LogP contribution in [0.25, 0.3) is 0 Å². The summed E-state index contributed by atoms with van der Waals surface area (Å²) >= 11 is 0. The van der Waals surface area contributed by atoms with Crippen LogP contribution in [0.3, 0.4) is 0 Å². The first-order valence-electron chi connectivity index (χ1n) is 6.54. The summed E-state index contributed by atoms with van der Waals surface area (Å²) < 4.78 is 4.92. The Balaban J connectivity index is 2.00. The van der Waals surface area contributed by atoms with Crippen molar-refractivity contribution in [2.24, 2.45) is 0 Å². The van der Waals surface area contributed by atoms with Crippen LogP contribution in [0.5, 0.6) is 0 Å². The molecule has 2 rings (SSSR count). The van der Waals surface area contributed by atoms with E-state index in [1.54, 1.807) is 24.1 Å². The quantitative estimate of drug-likeness (QED) is 0.800. The Hall–Kier alpha value is -2.08. The number of carboxylic acids is 1. The molecule has 0 spiro atoms. The van der Waals surface area contributed by atoms with Crippen LogP contribution in [0, 0.1) is 0 Å². The molecule has 20 heavy (non-hydrogen) atoms. The van der Waals surface area contributed by atoms with E-state index >= 15 is 0 Å². The summed E-state index contributed by atoms with van der Waals surface area (Å²) in [4.78, 5) is 24.6. The maximum absolute atomic E-state index is 12.0. The Morgan fingerprint density at radius 1 is 1.45 bits per heavy atom. The molecule has 1 aromatic carbocycles. The van der Waals surface area contributed by atoms with Crippen molar-refractivity contribution in [3.05, 3.63) is 29.3 Å². The fourth-order valence-corrected chi connectivity index (χ4v) is 2.25. The monoisotopic (exact) mass is 278 g/mol. The summed E-state index contributed by atoms with van der Waals surface area (Å²) in [6, 6.07) is 4.71. The van der Waals surface area contributed by atoms with Crippen molar-refractivity contribution in [1.29, 1.82) is 0 Å². The number of fused-ring (bicyclic) bond motifs is 1. The number of methoxy groups -OCH3 is 1. The van der Waals surface area contributed by atoms with E-state index in [9.17, 15) is 9.59 Å². The van der Waals surface area contributed by atoms with E-state index < -0.39 is 5.97 Å². The molecular formula is C14H18N2O4. The summed E-state index contributed by atoms with van der Waals surface area (Å²) in [5, 5.41) is 11.8. The molecule has 0 atom stereocenters. The molecule has 0 bridgehead atoms. The molecule has 2 amide bonds. The van der Waals surface area contributed by atoms with Gasteiger partial charge in [-0.3, -0.25) is 4.90 Å². The lowest BCUT2D eigenvalue weighted by atomic mass is 10.1. The number of hydrogen-bond donors (Lipinski definition) is 2. The Labute approximate surface area is 117 Å². The van der Waals surface area contributed by atoms with Crippen LogP contribution in [0.15, 0.2) is 18.2 Å². The zero-order chi connectivity index (χ0) is 14.5. The van der Waals surface area contributed by atoms with Gasteiger partial charge >= 0.3 is 12.0 Å². The van der Waals surface area contributed by atoms with E-state index in [1.165, 1.54) is 6.07 Å². The fourth-order valence-electron chi connectivity index (χ4n) is 2.25. The zero-order valence-corrected chi connectivity index (χ0v) is 11.4. The van der Waals surface area contributed by atoms with Gasteiger partial charge in [-0.1, -0.05) is 0 Å². The molecule has 108 valence electrons. The second kappa shape index (κ2) is 6.38. The molecule has 1 aliphatic heterocycles. The molecule has 6 heteroatoms. The van der Waals surface area contributed by atoms with Gasteiger partial charge < -0.3 is 15.2 Å². The molecular weight excluding hydrogens is 260 g/mol. The molecule has 1 aliphatic rings. The van der Waals surface area contributed by atoms with Crippen molar-refractivity contribution >= 4 is 17.7 Å². The highest BCUT2D eigenvalue weighted by molar-refractivity contribution is 5.95. The van der Waals surface area contributed by atoms with Crippen LogP contribution in [-0.4, -0.2) is 43.9 Å². The minimum Gasteiger partial charge on any atom is -0.478 e. The third-order valence-electron chi connectivity index (χ3n) is 3.27. The van der Waals surface area contributed by atoms with Crippen LogP contribution in [0.4, 0.5) is 10.5 Å². The molecule has 2 N–H and O–H groups in total. The molecule has 1 heterocycles. The van der Waals surface area contributed by atoms with E-state index in [0.717, 1.165) is 17.7 Å². The summed E-state index contributed by atoms with van der Waals surface area (Å²) in [5.41, 5.74) is 1.95. The number of carboxylic acid groups (broad SMARTS) is 1. The van der Waals surface area contributed by atoms with Crippen LogP contribution >= 0.6 is 0 Å². The number of rotatable bonds is 5. The van der Waals surface area contributed by atoms with Gasteiger partial charge in [-0.05, 0) is 36.6 Å². The normalized spacial score (nSPS) is 13.2. The van der Waals surface area contributed by atoms with Crippen LogP contribution < -0.4 is 10.2 Å². The summed E-state index contributed by atoms with van der Waals surface area (Å²) in [5.74, 6) is -0.949. The Bertz CT molecular complexity index is 516. The minimum absolute atomic E-state index is 0.150. The van der Waals surface area contributed by atoms with Gasteiger partial charge in [0, 0.05) is 32.5 Å². The van der Waals surface area contributed by atoms with Crippen molar-refractivity contribution in [3.8, 4) is 0 Å². The highest BCUT2D eigenvalue weighted by Crippen LogP contribution is 2.28. The van der Waals surface area contributed by atoms with Gasteiger partial charge in [0.25, 0.3) is 0 Å². The number of carbonyl (C=O) groups excluding carboxylic acids is 1. The molecule has 1 aromatic rings. The third kappa shape index (κ3) is 3.08. The Kier molecular flexibility index (Phi) is 4.57. The number of nitrogens with zero attached hydrogens (tertiary/aromatic N) is 1. The van der Waals surface area contributed by atoms with Gasteiger partial charge in [0.1, 0.15) is 0 Å². The maximum Gasteiger partial charge on any atom is 0.335 e. The first-order valence-corrected chi connectivity index (χ1v) is 6.54. The van der Waals surface area contributed by atoms with E-state index in [4.69, 9.17) is 9.84 Å². The Morgan fingerprint density at radius 3 is 2.95 bits per heavy atom. The number of urea groups is 1. The molecule has 0 fully saturated rings. The number of benzene rings is 1. The summed E-state index contributed by atoms with van der Waals surface area (Å²) in [6.45, 7) is 1.75. The first kappa shape index (κ1) is 14.3. The average Bonchev–Trinajstić information content (AvgIpc) is 2.86. The average molecular weight is 278 g/mol. The van der Waals surface area contributed by atoms with Gasteiger partial charge in [0.2, 0.25) is 0 Å². The smallest absolute Gasteiger partial charge is 0.335 e. The molecule has 0 unspecified atom stereocenters. The van der Waals surface area contributed by atoms with Crippen molar-refractivity contribution < 1.29 is 19.4 Å². The van der Waals surface area contributed by atoms with Crippen molar-refractivity contribution in [1.82, 2.24) is 5.32 Å². The number of hydrogen-bond acceptors (Lipinski definition) is 3. The number of ether oxygens (including phenoxy) is 1. The Morgan fingerprint density at radius 2 is 2.25 bits per heavy atom. The largest absolute Gasteiger partial charge is 0.478 e. The van der Waals surface area contributed by atoms with E-state index in [-0.39, 0.29) is 11.6 Å². The van der Waals surface area contributed by atoms with E-state index in [2.05, 4.69) is 5.32 Å². The van der Waals surface area contributed by atoms with Crippen molar-refractivity contribution in [2.45, 2.75) is 12.8 Å². The van der Waals surface area contributed by atoms with Crippen LogP contribution in [0.1, 0.15) is 22.3 Å². The predicted octanol–water partition coefficient (Wildman–Crippen LogP) is 1.49. The zero-order valence-electron chi connectivity index (χ0n) is 11.4. The standard InChI is InChI=1S/C14H18N2O4/c1-20-8-2-6-15-14(19)16-7-5-10-9-11(13(17)18)3-4-12(10)16/h3-4,9H,2,5-8H2,1H3,(H,15,19)(H,17,18). The SMILES string of the molecule is COCCCNC(=O)N1CCc2cc(C(=O)O)ccc21. The van der Waals surface area contributed by atoms with Crippen molar-refractivity contribution in [2.75, 3.05) is 31.7 Å². The lowest BCUT2D eigenvalue weighted by molar-refractivity contribution is 0.0697. The molecule has 0 saturated heterocycles. The van der Waals surface area contributed by atoms with Gasteiger partial charge in [0.15, 0.2) is 0 Å². The highest BCUT2D eigenvalue weighted by Gasteiger charge is 2.25. The predicted molar refractivity (Wildman–Crippen MR) is 74.3 cm³/mol. The molecule has 0 aliphatic carbocycles. The second-order valence-corrected chi connectivity index (χ2v) is 4.63. The number of carbonyl (C=O) groups is 2. The molecule has 0 radical (unpaired) electrons. The van der Waals surface area contributed by atoms with E-state index in [0.29, 0.717) is 26.1 Å². The second-order valence-electron chi connectivity index (χ2n) is 4.63. The van der Waals surface area contributed by atoms with Gasteiger partial charge in [0.05, 0.1) is 5.56 Å². The number of amides is 2. The van der Waals surface area contributed by atoms with Gasteiger partial charge in [-0.25, -0.2) is 9.59 Å². The topological polar surface area (TPSA) is 78.9 Å². The first-order chi connectivity index (χ1) is 9.63. The van der Waals surface area contributed by atoms with Gasteiger partial charge in [-0.15, -0.1) is 0 Å². The number of aromatic carboxylic acids is 1.